The Bertz CT molecular complexity index is 2960. The summed E-state index contributed by atoms with van der Waals surface area (Å²) in [5.41, 5.74) is 8.39. The monoisotopic (exact) mass is 662 g/mol. The van der Waals surface area contributed by atoms with E-state index in [4.69, 9.17) is 19.9 Å². The molecule has 0 aliphatic heterocycles. The first-order chi connectivity index (χ1) is 25.7. The molecule has 0 spiro atoms. The van der Waals surface area contributed by atoms with Gasteiger partial charge in [-0.05, 0) is 79.5 Å². The Labute approximate surface area is 300 Å². The van der Waals surface area contributed by atoms with Crippen LogP contribution in [0.2, 0.25) is 0 Å². The van der Waals surface area contributed by atoms with Gasteiger partial charge in [-0.3, -0.25) is 4.98 Å². The quantitative estimate of drug-likeness (QED) is 0.172. The molecule has 8 aromatic carbocycles. The van der Waals surface area contributed by atoms with Gasteiger partial charge in [0, 0.05) is 33.7 Å². The van der Waals surface area contributed by atoms with Gasteiger partial charge >= 0.3 is 0 Å². The summed E-state index contributed by atoms with van der Waals surface area (Å²) >= 11 is 0. The lowest BCUT2D eigenvalue weighted by atomic mass is 9.91. The fraction of sp³-hybridized carbons (Fsp3) is 0. The minimum Gasteiger partial charge on any atom is -0.256 e. The minimum absolute atomic E-state index is 0.623. The van der Waals surface area contributed by atoms with E-state index >= 15 is 0 Å². The summed E-state index contributed by atoms with van der Waals surface area (Å²) in [6.45, 7) is 0. The molecule has 10 aromatic rings. The van der Waals surface area contributed by atoms with Crippen LogP contribution in [0.1, 0.15) is 0 Å². The lowest BCUT2D eigenvalue weighted by Crippen LogP contribution is -2.00. The zero-order chi connectivity index (χ0) is 34.4. The van der Waals surface area contributed by atoms with Crippen molar-refractivity contribution in [3.63, 3.8) is 0 Å². The maximum Gasteiger partial charge on any atom is 0.164 e. The number of pyridine rings is 1. The molecule has 4 heteroatoms. The SMILES string of the molecule is c1ccc(-c2ccc3cc(-c4nc(-c5ccccc5)nc(-c5cccc(-c6cc7ccccc7c7ccc8cccnc8c67)c5)n4)ccc3c2)cc1. The summed E-state index contributed by atoms with van der Waals surface area (Å²) in [4.78, 5) is 20.1. The second-order valence-electron chi connectivity index (χ2n) is 13.1. The molecule has 0 radical (unpaired) electrons. The maximum absolute atomic E-state index is 5.13. The average Bonchev–Trinajstić information content (AvgIpc) is 3.23. The molecule has 0 N–H and O–H groups in total. The van der Waals surface area contributed by atoms with Crippen LogP contribution in [0.25, 0.3) is 99.6 Å². The molecule has 0 saturated heterocycles. The van der Waals surface area contributed by atoms with Gasteiger partial charge in [0.05, 0.1) is 5.52 Å². The van der Waals surface area contributed by atoms with Crippen molar-refractivity contribution in [2.75, 3.05) is 0 Å². The fourth-order valence-corrected chi connectivity index (χ4v) is 7.34. The van der Waals surface area contributed by atoms with Gasteiger partial charge in [0.2, 0.25) is 0 Å². The fourth-order valence-electron chi connectivity index (χ4n) is 7.34. The van der Waals surface area contributed by atoms with Crippen LogP contribution < -0.4 is 0 Å². The highest BCUT2D eigenvalue weighted by Crippen LogP contribution is 2.39. The van der Waals surface area contributed by atoms with E-state index in [2.05, 4.69) is 133 Å². The van der Waals surface area contributed by atoms with E-state index in [0.717, 1.165) is 49.5 Å². The van der Waals surface area contributed by atoms with Crippen molar-refractivity contribution < 1.29 is 0 Å². The average molecular weight is 663 g/mol. The third-order valence-corrected chi connectivity index (χ3v) is 9.90. The minimum atomic E-state index is 0.623. The standard InChI is InChI=1S/C48H30N4/c1-3-11-31(12-4-1)34-20-21-36-28-40(23-22-35(36)27-34)48-51-46(33-13-5-2-6-14-33)50-47(52-48)39-17-9-16-37(29-39)43-30-38-15-7-8-19-41(38)42-25-24-32-18-10-26-49-45(32)44(42)43/h1-30H. The first-order valence-corrected chi connectivity index (χ1v) is 17.5. The number of benzene rings is 8. The van der Waals surface area contributed by atoms with Gasteiger partial charge in [-0.2, -0.15) is 0 Å². The van der Waals surface area contributed by atoms with Crippen molar-refractivity contribution in [3.05, 3.63) is 182 Å². The normalized spacial score (nSPS) is 11.5. The molecule has 0 unspecified atom stereocenters. The highest BCUT2D eigenvalue weighted by molar-refractivity contribution is 6.22. The lowest BCUT2D eigenvalue weighted by Gasteiger charge is -2.14. The highest BCUT2D eigenvalue weighted by Gasteiger charge is 2.16. The van der Waals surface area contributed by atoms with Crippen LogP contribution in [0.5, 0.6) is 0 Å². The Morgan fingerprint density at radius 2 is 0.885 bits per heavy atom. The molecule has 0 fully saturated rings. The van der Waals surface area contributed by atoms with Crippen molar-refractivity contribution >= 4 is 43.2 Å². The second kappa shape index (κ2) is 12.4. The van der Waals surface area contributed by atoms with Crippen molar-refractivity contribution in [2.45, 2.75) is 0 Å². The van der Waals surface area contributed by atoms with E-state index < -0.39 is 0 Å². The molecule has 0 atom stereocenters. The number of aromatic nitrogens is 4. The van der Waals surface area contributed by atoms with Gasteiger partial charge in [0.15, 0.2) is 17.5 Å². The summed E-state index contributed by atoms with van der Waals surface area (Å²) in [6.07, 6.45) is 1.88. The molecule has 2 heterocycles. The second-order valence-corrected chi connectivity index (χ2v) is 13.1. The number of fused-ring (bicyclic) bond motifs is 6. The molecule has 0 aliphatic rings. The highest BCUT2D eigenvalue weighted by atomic mass is 15.0. The molecule has 4 nitrogen and oxygen atoms in total. The molecular formula is C48H30N4. The lowest BCUT2D eigenvalue weighted by molar-refractivity contribution is 1.07. The smallest absolute Gasteiger partial charge is 0.164 e. The third kappa shape index (κ3) is 5.26. The predicted molar refractivity (Wildman–Crippen MR) is 215 cm³/mol. The van der Waals surface area contributed by atoms with Crippen molar-refractivity contribution in [1.82, 2.24) is 19.9 Å². The Kier molecular flexibility index (Phi) is 7.10. The van der Waals surface area contributed by atoms with E-state index in [1.807, 2.05) is 48.7 Å². The Balaban J connectivity index is 1.14. The maximum atomic E-state index is 5.13. The molecule has 52 heavy (non-hydrogen) atoms. The molecule has 10 rings (SSSR count). The van der Waals surface area contributed by atoms with Crippen molar-refractivity contribution in [3.8, 4) is 56.4 Å². The van der Waals surface area contributed by atoms with E-state index in [9.17, 15) is 0 Å². The van der Waals surface area contributed by atoms with Crippen LogP contribution >= 0.6 is 0 Å². The van der Waals surface area contributed by atoms with Gasteiger partial charge < -0.3 is 0 Å². The van der Waals surface area contributed by atoms with Gasteiger partial charge in [-0.1, -0.05) is 146 Å². The van der Waals surface area contributed by atoms with Crippen molar-refractivity contribution in [1.29, 1.82) is 0 Å². The van der Waals surface area contributed by atoms with Crippen molar-refractivity contribution in [2.24, 2.45) is 0 Å². The van der Waals surface area contributed by atoms with Gasteiger partial charge in [0.1, 0.15) is 0 Å². The van der Waals surface area contributed by atoms with E-state index in [-0.39, 0.29) is 0 Å². The van der Waals surface area contributed by atoms with Gasteiger partial charge in [-0.25, -0.2) is 15.0 Å². The zero-order valence-electron chi connectivity index (χ0n) is 28.1. The summed E-state index contributed by atoms with van der Waals surface area (Å²) < 4.78 is 0. The van der Waals surface area contributed by atoms with Crippen LogP contribution in [0.15, 0.2) is 182 Å². The zero-order valence-corrected chi connectivity index (χ0v) is 28.1. The van der Waals surface area contributed by atoms with E-state index in [0.29, 0.717) is 17.5 Å². The van der Waals surface area contributed by atoms with Crippen LogP contribution in [-0.2, 0) is 0 Å². The molecule has 0 saturated carbocycles. The Morgan fingerprint density at radius 3 is 1.67 bits per heavy atom. The van der Waals surface area contributed by atoms with E-state index in [1.165, 1.54) is 32.7 Å². The summed E-state index contributed by atoms with van der Waals surface area (Å²) in [6, 6.07) is 61.6. The molecule has 2 aromatic heterocycles. The first kappa shape index (κ1) is 29.8. The van der Waals surface area contributed by atoms with Crippen LogP contribution in [0.3, 0.4) is 0 Å². The Morgan fingerprint density at radius 1 is 0.308 bits per heavy atom. The number of hydrogen-bond acceptors (Lipinski definition) is 4. The summed E-state index contributed by atoms with van der Waals surface area (Å²) in [7, 11) is 0. The first-order valence-electron chi connectivity index (χ1n) is 17.5. The topological polar surface area (TPSA) is 51.6 Å². The molecular weight excluding hydrogens is 633 g/mol. The van der Waals surface area contributed by atoms with E-state index in [1.54, 1.807) is 0 Å². The van der Waals surface area contributed by atoms with Gasteiger partial charge in [0.25, 0.3) is 0 Å². The molecule has 0 bridgehead atoms. The van der Waals surface area contributed by atoms with Gasteiger partial charge in [-0.15, -0.1) is 0 Å². The number of rotatable bonds is 5. The largest absolute Gasteiger partial charge is 0.256 e. The van der Waals surface area contributed by atoms with Crippen LogP contribution in [0.4, 0.5) is 0 Å². The molecule has 0 aliphatic carbocycles. The predicted octanol–water partition coefficient (Wildman–Crippen LogP) is 12.2. The molecule has 0 amide bonds. The van der Waals surface area contributed by atoms with Crippen LogP contribution in [-0.4, -0.2) is 19.9 Å². The molecule has 242 valence electrons. The number of nitrogens with zero attached hydrogens (tertiary/aromatic N) is 4. The summed E-state index contributed by atoms with van der Waals surface area (Å²) in [5, 5.41) is 8.14. The third-order valence-electron chi connectivity index (χ3n) is 9.90. The van der Waals surface area contributed by atoms with Crippen LogP contribution in [0, 0.1) is 0 Å². The number of hydrogen-bond donors (Lipinski definition) is 0. The summed E-state index contributed by atoms with van der Waals surface area (Å²) in [5.74, 6) is 1.89. The Hall–Kier alpha value is -7.04.